The van der Waals surface area contributed by atoms with Crippen LogP contribution in [-0.2, 0) is 26.3 Å². The van der Waals surface area contributed by atoms with Crippen LogP contribution in [0.25, 0.3) is 0 Å². The maximum Gasteiger partial charge on any atom is 0.250 e. The summed E-state index contributed by atoms with van der Waals surface area (Å²) >= 11 is 0. The van der Waals surface area contributed by atoms with Crippen LogP contribution in [0.3, 0.4) is 0 Å². The van der Waals surface area contributed by atoms with Gasteiger partial charge >= 0.3 is 0 Å². The molecule has 0 radical (unpaired) electrons. The smallest absolute Gasteiger partial charge is 0.250 e. The molecule has 3 aliphatic heterocycles. The van der Waals surface area contributed by atoms with Crippen molar-refractivity contribution < 1.29 is 19.5 Å². The van der Waals surface area contributed by atoms with Crippen LogP contribution in [0.4, 0.5) is 5.69 Å². The van der Waals surface area contributed by atoms with Crippen LogP contribution in [0.5, 0.6) is 5.75 Å². The molecule has 0 aromatic heterocycles. The summed E-state index contributed by atoms with van der Waals surface area (Å²) in [5.74, 6) is -2.04. The summed E-state index contributed by atoms with van der Waals surface area (Å²) in [6.45, 7) is 7.77. The molecule has 3 unspecified atom stereocenters. The highest BCUT2D eigenvalue weighted by Gasteiger charge is 2.70. The fourth-order valence-corrected chi connectivity index (χ4v) is 5.82. The fourth-order valence-electron chi connectivity index (χ4n) is 5.82. The molecular formula is C26H29N3O4. The van der Waals surface area contributed by atoms with Gasteiger partial charge in [-0.1, -0.05) is 31.2 Å². The molecule has 3 aliphatic rings. The number of fused-ring (bicyclic) bond motifs is 4. The topological polar surface area (TPSA) is 98.7 Å². The van der Waals surface area contributed by atoms with Crippen molar-refractivity contribution in [2.75, 3.05) is 5.32 Å². The predicted molar refractivity (Wildman–Crippen MR) is 124 cm³/mol. The lowest BCUT2D eigenvalue weighted by molar-refractivity contribution is -0.145. The normalized spacial score (nSPS) is 28.9. The number of phenols is 1. The number of phenolic OH excluding ortho intramolecular Hbond substituents is 1. The highest BCUT2D eigenvalue weighted by atomic mass is 16.3. The molecule has 7 heteroatoms. The number of imide groups is 1. The van der Waals surface area contributed by atoms with Gasteiger partial charge in [0.05, 0.1) is 11.8 Å². The molecule has 1 spiro atoms. The molecule has 7 nitrogen and oxygen atoms in total. The summed E-state index contributed by atoms with van der Waals surface area (Å²) in [4.78, 5) is 42.4. The molecular weight excluding hydrogens is 418 g/mol. The van der Waals surface area contributed by atoms with Crippen molar-refractivity contribution in [2.45, 2.75) is 58.2 Å². The highest BCUT2D eigenvalue weighted by molar-refractivity contribution is 6.15. The first kappa shape index (κ1) is 21.6. The highest BCUT2D eigenvalue weighted by Crippen LogP contribution is 2.54. The number of amides is 3. The number of anilines is 1. The van der Waals surface area contributed by atoms with Crippen LogP contribution in [-0.4, -0.2) is 39.8 Å². The van der Waals surface area contributed by atoms with Crippen molar-refractivity contribution in [1.29, 1.82) is 0 Å². The Morgan fingerprint density at radius 2 is 1.76 bits per heavy atom. The van der Waals surface area contributed by atoms with Gasteiger partial charge in [-0.3, -0.25) is 24.6 Å². The van der Waals surface area contributed by atoms with E-state index in [9.17, 15) is 19.5 Å². The molecule has 33 heavy (non-hydrogen) atoms. The molecule has 0 saturated carbocycles. The Morgan fingerprint density at radius 3 is 2.42 bits per heavy atom. The third kappa shape index (κ3) is 2.88. The molecule has 172 valence electrons. The number of rotatable bonds is 4. The van der Waals surface area contributed by atoms with E-state index in [1.807, 2.05) is 39.8 Å². The molecule has 5 rings (SSSR count). The second-order valence-corrected chi connectivity index (χ2v) is 9.62. The number of benzene rings is 2. The third-order valence-corrected chi connectivity index (χ3v) is 7.88. The molecule has 5 atom stereocenters. The Balaban J connectivity index is 1.65. The van der Waals surface area contributed by atoms with Crippen LogP contribution in [0.2, 0.25) is 0 Å². The van der Waals surface area contributed by atoms with Crippen molar-refractivity contribution in [2.24, 2.45) is 11.8 Å². The lowest BCUT2D eigenvalue weighted by atomic mass is 9.75. The molecule has 3 N–H and O–H groups in total. The molecule has 2 aromatic rings. The van der Waals surface area contributed by atoms with Gasteiger partial charge in [0.25, 0.3) is 0 Å². The van der Waals surface area contributed by atoms with Gasteiger partial charge in [0.15, 0.2) is 0 Å². The van der Waals surface area contributed by atoms with Crippen molar-refractivity contribution in [3.8, 4) is 5.75 Å². The van der Waals surface area contributed by atoms with Gasteiger partial charge < -0.3 is 10.4 Å². The fraction of sp³-hybridized carbons (Fsp3) is 0.423. The van der Waals surface area contributed by atoms with Gasteiger partial charge in [0, 0.05) is 23.3 Å². The van der Waals surface area contributed by atoms with E-state index in [0.29, 0.717) is 12.8 Å². The lowest BCUT2D eigenvalue weighted by Crippen LogP contribution is -2.54. The van der Waals surface area contributed by atoms with E-state index in [0.717, 1.165) is 27.9 Å². The molecule has 0 bridgehead atoms. The minimum absolute atomic E-state index is 0.164. The average molecular weight is 448 g/mol. The molecule has 2 saturated heterocycles. The van der Waals surface area contributed by atoms with Crippen molar-refractivity contribution in [3.05, 3.63) is 58.7 Å². The Kier molecular flexibility index (Phi) is 4.86. The number of aromatic hydroxyl groups is 1. The first-order valence-electron chi connectivity index (χ1n) is 11.5. The van der Waals surface area contributed by atoms with Gasteiger partial charge in [-0.2, -0.15) is 0 Å². The van der Waals surface area contributed by atoms with E-state index in [1.54, 1.807) is 24.3 Å². The van der Waals surface area contributed by atoms with Gasteiger partial charge in [-0.15, -0.1) is 0 Å². The number of carbonyl (C=O) groups is 3. The second kappa shape index (κ2) is 7.42. The first-order chi connectivity index (χ1) is 15.7. The first-order valence-corrected chi connectivity index (χ1v) is 11.5. The van der Waals surface area contributed by atoms with E-state index < -0.39 is 23.4 Å². The van der Waals surface area contributed by atoms with E-state index in [2.05, 4.69) is 10.6 Å². The molecule has 3 amide bonds. The molecule has 0 aliphatic carbocycles. The van der Waals surface area contributed by atoms with Crippen LogP contribution < -0.4 is 10.6 Å². The molecule has 2 fully saturated rings. The summed E-state index contributed by atoms with van der Waals surface area (Å²) in [6, 6.07) is 10.1. The summed E-state index contributed by atoms with van der Waals surface area (Å²) in [7, 11) is 0. The van der Waals surface area contributed by atoms with E-state index in [1.165, 1.54) is 4.90 Å². The van der Waals surface area contributed by atoms with E-state index >= 15 is 0 Å². The van der Waals surface area contributed by atoms with Crippen LogP contribution in [0.1, 0.15) is 42.5 Å². The van der Waals surface area contributed by atoms with Gasteiger partial charge in [-0.05, 0) is 62.4 Å². The summed E-state index contributed by atoms with van der Waals surface area (Å²) < 4.78 is 0. The number of carbonyl (C=O) groups excluding carboxylic acids is 3. The van der Waals surface area contributed by atoms with Crippen molar-refractivity contribution >= 4 is 23.4 Å². The van der Waals surface area contributed by atoms with Crippen LogP contribution >= 0.6 is 0 Å². The van der Waals surface area contributed by atoms with Crippen molar-refractivity contribution in [1.82, 2.24) is 10.2 Å². The minimum Gasteiger partial charge on any atom is -0.508 e. The zero-order chi connectivity index (χ0) is 23.7. The number of likely N-dealkylation sites (tertiary alicyclic amines) is 1. The lowest BCUT2D eigenvalue weighted by Gasteiger charge is -2.31. The van der Waals surface area contributed by atoms with Gasteiger partial charge in [0.1, 0.15) is 11.3 Å². The number of hydrogen-bond acceptors (Lipinski definition) is 5. The van der Waals surface area contributed by atoms with Crippen molar-refractivity contribution in [3.63, 3.8) is 0 Å². The predicted octanol–water partition coefficient (Wildman–Crippen LogP) is 2.77. The molecule has 2 aromatic carbocycles. The number of nitrogens with zero attached hydrogens (tertiary/aromatic N) is 1. The second-order valence-electron chi connectivity index (χ2n) is 9.62. The summed E-state index contributed by atoms with van der Waals surface area (Å²) in [5, 5.41) is 16.2. The summed E-state index contributed by atoms with van der Waals surface area (Å²) in [5.41, 5.74) is 3.13. The Labute approximate surface area is 193 Å². The minimum atomic E-state index is -1.28. The Hall–Kier alpha value is -3.19. The number of aryl methyl sites for hydroxylation is 1. The Bertz CT molecular complexity index is 1170. The number of nitrogens with one attached hydrogen (secondary N) is 2. The zero-order valence-corrected chi connectivity index (χ0v) is 19.3. The standard InChI is InChI=1S/C26H29N3O4/c1-5-14(3)29-23(31)20-19(12-16-7-9-17(30)10-8-16)28-26(21(20)24(29)32)18-11-6-13(2)15(4)22(18)27-25(26)33/h6-11,14,19-21,28,30H,5,12H2,1-4H3,(H,27,33)/t14?,19?,20-,21+,26?/m1/s1. The zero-order valence-electron chi connectivity index (χ0n) is 19.3. The van der Waals surface area contributed by atoms with E-state index in [-0.39, 0.29) is 29.5 Å². The number of hydrogen-bond donors (Lipinski definition) is 3. The monoisotopic (exact) mass is 447 g/mol. The quantitative estimate of drug-likeness (QED) is 0.626. The van der Waals surface area contributed by atoms with E-state index in [4.69, 9.17) is 0 Å². The van der Waals surface area contributed by atoms with Crippen LogP contribution in [0, 0.1) is 25.7 Å². The third-order valence-electron chi connectivity index (χ3n) is 7.88. The maximum absolute atomic E-state index is 13.8. The maximum atomic E-state index is 13.8. The molecule has 3 heterocycles. The van der Waals surface area contributed by atoms with Gasteiger partial charge in [0.2, 0.25) is 17.7 Å². The van der Waals surface area contributed by atoms with Gasteiger partial charge in [-0.25, -0.2) is 0 Å². The largest absolute Gasteiger partial charge is 0.508 e. The summed E-state index contributed by atoms with van der Waals surface area (Å²) in [6.07, 6.45) is 1.12. The average Bonchev–Trinajstić information content (AvgIpc) is 3.37. The SMILES string of the molecule is CCC(C)N1C(=O)[C@@H]2C(Cc3ccc(O)cc3)NC3(C(=O)Nc4c3ccc(C)c4C)[C@@H]2C1=O. The van der Waals surface area contributed by atoms with Crippen LogP contribution in [0.15, 0.2) is 36.4 Å². The Morgan fingerprint density at radius 1 is 1.06 bits per heavy atom.